The van der Waals surface area contributed by atoms with Crippen LogP contribution >= 0.6 is 0 Å². The third-order valence-corrected chi connectivity index (χ3v) is 4.41. The largest absolute Gasteiger partial charge is 0.444 e. The highest BCUT2D eigenvalue weighted by Crippen LogP contribution is 2.33. The van der Waals surface area contributed by atoms with Crippen LogP contribution in [0.4, 0.5) is 4.79 Å². The van der Waals surface area contributed by atoms with Gasteiger partial charge in [0.25, 0.3) is 0 Å². The number of carbonyl (C=O) groups is 1. The molecular formula is C21H34N4O3. The fourth-order valence-corrected chi connectivity index (χ4v) is 3.10. The molecule has 0 aliphatic carbocycles. The van der Waals surface area contributed by atoms with Gasteiger partial charge in [0.1, 0.15) is 5.60 Å². The molecule has 0 radical (unpaired) electrons. The zero-order chi connectivity index (χ0) is 20.4. The van der Waals surface area contributed by atoms with Crippen LogP contribution in [0.5, 0.6) is 0 Å². The smallest absolute Gasteiger partial charge is 0.407 e. The molecule has 1 fully saturated rings. The monoisotopic (exact) mass is 390 g/mol. The standard InChI is InChI=1S/C21H34N4O3/c1-21(2,3)28-20(26)24-13-8-12-23-19(22-4)25-15-17-11-14-27-18(17)16-9-6-5-7-10-16/h5-7,9-10,17-18H,8,11-15H2,1-4H3,(H,24,26)(H2,22,23,25). The quantitative estimate of drug-likeness (QED) is 0.379. The van der Waals surface area contributed by atoms with Crippen molar-refractivity contribution in [2.24, 2.45) is 10.9 Å². The summed E-state index contributed by atoms with van der Waals surface area (Å²) in [5.74, 6) is 1.17. The first-order valence-corrected chi connectivity index (χ1v) is 9.97. The van der Waals surface area contributed by atoms with Gasteiger partial charge >= 0.3 is 6.09 Å². The molecule has 1 heterocycles. The van der Waals surface area contributed by atoms with E-state index in [4.69, 9.17) is 9.47 Å². The summed E-state index contributed by atoms with van der Waals surface area (Å²) in [6.07, 6.45) is 1.55. The summed E-state index contributed by atoms with van der Waals surface area (Å²) in [7, 11) is 1.76. The SMILES string of the molecule is CN=C(NCCCNC(=O)OC(C)(C)C)NCC1CCOC1c1ccccc1. The van der Waals surface area contributed by atoms with Crippen molar-refractivity contribution in [3.63, 3.8) is 0 Å². The van der Waals surface area contributed by atoms with E-state index in [1.807, 2.05) is 39.0 Å². The third kappa shape index (κ3) is 7.76. The van der Waals surface area contributed by atoms with Crippen LogP contribution in [0.25, 0.3) is 0 Å². The number of nitrogens with one attached hydrogen (secondary N) is 3. The average Bonchev–Trinajstić information content (AvgIpc) is 3.12. The number of hydrogen-bond donors (Lipinski definition) is 3. The number of benzene rings is 1. The Balaban J connectivity index is 1.65. The highest BCUT2D eigenvalue weighted by atomic mass is 16.6. The molecule has 1 aromatic rings. The molecule has 7 heteroatoms. The van der Waals surface area contributed by atoms with E-state index in [9.17, 15) is 4.79 Å². The van der Waals surface area contributed by atoms with Gasteiger partial charge in [0.2, 0.25) is 0 Å². The number of nitrogens with zero attached hydrogens (tertiary/aromatic N) is 1. The molecule has 2 atom stereocenters. The molecule has 0 aromatic heterocycles. The van der Waals surface area contributed by atoms with E-state index in [0.29, 0.717) is 19.0 Å². The van der Waals surface area contributed by atoms with Gasteiger partial charge in [-0.25, -0.2) is 4.79 Å². The topological polar surface area (TPSA) is 84.0 Å². The van der Waals surface area contributed by atoms with Gasteiger partial charge in [-0.3, -0.25) is 4.99 Å². The lowest BCUT2D eigenvalue weighted by Crippen LogP contribution is -2.41. The number of ether oxygens (including phenoxy) is 2. The number of hydrogen-bond acceptors (Lipinski definition) is 4. The van der Waals surface area contributed by atoms with Gasteiger partial charge in [-0.1, -0.05) is 30.3 Å². The molecule has 1 saturated heterocycles. The van der Waals surface area contributed by atoms with Gasteiger partial charge in [-0.15, -0.1) is 0 Å². The van der Waals surface area contributed by atoms with Gasteiger partial charge in [0.15, 0.2) is 5.96 Å². The summed E-state index contributed by atoms with van der Waals surface area (Å²) in [4.78, 5) is 15.9. The minimum absolute atomic E-state index is 0.129. The lowest BCUT2D eigenvalue weighted by Gasteiger charge is -2.21. The number of alkyl carbamates (subject to hydrolysis) is 1. The Hall–Kier alpha value is -2.28. The van der Waals surface area contributed by atoms with Crippen molar-refractivity contribution in [1.29, 1.82) is 0 Å². The number of aliphatic imine (C=N–C) groups is 1. The summed E-state index contributed by atoms with van der Waals surface area (Å²) in [5, 5.41) is 9.42. The maximum Gasteiger partial charge on any atom is 0.407 e. The molecule has 2 unspecified atom stereocenters. The van der Waals surface area contributed by atoms with Crippen molar-refractivity contribution < 1.29 is 14.3 Å². The minimum atomic E-state index is -0.476. The Morgan fingerprint density at radius 3 is 2.57 bits per heavy atom. The number of amides is 1. The van der Waals surface area contributed by atoms with Crippen LogP contribution in [0.1, 0.15) is 45.3 Å². The predicted molar refractivity (Wildman–Crippen MR) is 111 cm³/mol. The zero-order valence-electron chi connectivity index (χ0n) is 17.5. The Kier molecular flexibility index (Phi) is 8.57. The molecule has 0 bridgehead atoms. The Morgan fingerprint density at radius 1 is 1.18 bits per heavy atom. The van der Waals surface area contributed by atoms with Crippen molar-refractivity contribution in [2.75, 3.05) is 33.3 Å². The van der Waals surface area contributed by atoms with Crippen molar-refractivity contribution in [3.8, 4) is 0 Å². The molecule has 1 aliphatic rings. The fraction of sp³-hybridized carbons (Fsp3) is 0.619. The van der Waals surface area contributed by atoms with Gasteiger partial charge in [0.05, 0.1) is 6.10 Å². The molecular weight excluding hydrogens is 356 g/mol. The Morgan fingerprint density at radius 2 is 1.89 bits per heavy atom. The van der Waals surface area contributed by atoms with E-state index in [1.54, 1.807) is 7.05 Å². The number of rotatable bonds is 7. The summed E-state index contributed by atoms with van der Waals surface area (Å²) in [6.45, 7) is 8.39. The molecule has 3 N–H and O–H groups in total. The highest BCUT2D eigenvalue weighted by molar-refractivity contribution is 5.79. The second kappa shape index (κ2) is 10.9. The third-order valence-electron chi connectivity index (χ3n) is 4.41. The molecule has 1 aliphatic heterocycles. The summed E-state index contributed by atoms with van der Waals surface area (Å²) >= 11 is 0. The normalized spacial score (nSPS) is 19.9. The van der Waals surface area contributed by atoms with Crippen LogP contribution in [-0.4, -0.2) is 50.9 Å². The van der Waals surface area contributed by atoms with Crippen molar-refractivity contribution >= 4 is 12.1 Å². The fourth-order valence-electron chi connectivity index (χ4n) is 3.10. The first-order chi connectivity index (χ1) is 13.4. The number of guanidine groups is 1. The van der Waals surface area contributed by atoms with E-state index in [0.717, 1.165) is 32.0 Å². The molecule has 7 nitrogen and oxygen atoms in total. The molecule has 28 heavy (non-hydrogen) atoms. The van der Waals surface area contributed by atoms with Crippen LogP contribution in [0.15, 0.2) is 35.3 Å². The van der Waals surface area contributed by atoms with E-state index in [-0.39, 0.29) is 12.2 Å². The first-order valence-electron chi connectivity index (χ1n) is 9.97. The molecule has 0 saturated carbocycles. The van der Waals surface area contributed by atoms with E-state index >= 15 is 0 Å². The van der Waals surface area contributed by atoms with Gasteiger partial charge in [-0.2, -0.15) is 0 Å². The summed E-state index contributed by atoms with van der Waals surface area (Å²) in [6, 6.07) is 10.4. The molecule has 1 amide bonds. The van der Waals surface area contributed by atoms with Gasteiger partial charge in [0, 0.05) is 39.2 Å². The van der Waals surface area contributed by atoms with Crippen LogP contribution < -0.4 is 16.0 Å². The van der Waals surface area contributed by atoms with Crippen molar-refractivity contribution in [1.82, 2.24) is 16.0 Å². The van der Waals surface area contributed by atoms with E-state index in [1.165, 1.54) is 5.56 Å². The second-order valence-electron chi connectivity index (χ2n) is 7.91. The maximum absolute atomic E-state index is 11.6. The summed E-state index contributed by atoms with van der Waals surface area (Å²) < 4.78 is 11.1. The molecule has 1 aromatic carbocycles. The minimum Gasteiger partial charge on any atom is -0.444 e. The maximum atomic E-state index is 11.6. The van der Waals surface area contributed by atoms with E-state index in [2.05, 4.69) is 33.1 Å². The first kappa shape index (κ1) is 22.0. The summed E-state index contributed by atoms with van der Waals surface area (Å²) in [5.41, 5.74) is 0.749. The van der Waals surface area contributed by atoms with Gasteiger partial charge < -0.3 is 25.4 Å². The molecule has 2 rings (SSSR count). The lowest BCUT2D eigenvalue weighted by molar-refractivity contribution is 0.0527. The van der Waals surface area contributed by atoms with Crippen molar-refractivity contribution in [3.05, 3.63) is 35.9 Å². The second-order valence-corrected chi connectivity index (χ2v) is 7.91. The molecule has 0 spiro atoms. The Bertz CT molecular complexity index is 628. The predicted octanol–water partition coefficient (Wildman–Crippen LogP) is 2.84. The highest BCUT2D eigenvalue weighted by Gasteiger charge is 2.29. The zero-order valence-corrected chi connectivity index (χ0v) is 17.5. The Labute approximate surface area is 168 Å². The van der Waals surface area contributed by atoms with Crippen LogP contribution in [0.2, 0.25) is 0 Å². The molecule has 156 valence electrons. The van der Waals surface area contributed by atoms with Crippen LogP contribution in [-0.2, 0) is 9.47 Å². The van der Waals surface area contributed by atoms with E-state index < -0.39 is 5.60 Å². The lowest BCUT2D eigenvalue weighted by atomic mass is 9.95. The van der Waals surface area contributed by atoms with Crippen LogP contribution in [0.3, 0.4) is 0 Å². The van der Waals surface area contributed by atoms with Gasteiger partial charge in [-0.05, 0) is 39.2 Å². The van der Waals surface area contributed by atoms with Crippen LogP contribution in [0, 0.1) is 5.92 Å². The van der Waals surface area contributed by atoms with Crippen molar-refractivity contribution in [2.45, 2.75) is 45.3 Å². The number of carbonyl (C=O) groups excluding carboxylic acids is 1. The average molecular weight is 391 g/mol.